The normalized spacial score (nSPS) is 11.6. The van der Waals surface area contributed by atoms with Gasteiger partial charge in [-0.05, 0) is 19.9 Å². The van der Waals surface area contributed by atoms with Crippen LogP contribution in [0.1, 0.15) is 19.4 Å². The summed E-state index contributed by atoms with van der Waals surface area (Å²) in [6.45, 7) is 3.37. The summed E-state index contributed by atoms with van der Waals surface area (Å²) >= 11 is 5.97. The standard InChI is InChI=1S/C13H17ClN2O4/c1-3-15-13(19)16-12(18)8(2)20-11-9(7-17)5-4-6-10(11)14/h4-6,8,17H,3,7H2,1-2H3,(H2,15,16,18,19). The van der Waals surface area contributed by atoms with E-state index >= 15 is 0 Å². The van der Waals surface area contributed by atoms with E-state index in [1.165, 1.54) is 6.92 Å². The van der Waals surface area contributed by atoms with Crippen molar-refractivity contribution in [1.82, 2.24) is 10.6 Å². The number of ether oxygens (including phenoxy) is 1. The Bertz CT molecular complexity index is 493. The molecule has 0 aliphatic carbocycles. The molecule has 0 heterocycles. The van der Waals surface area contributed by atoms with Gasteiger partial charge >= 0.3 is 6.03 Å². The summed E-state index contributed by atoms with van der Waals surface area (Å²) in [5.41, 5.74) is 0.468. The molecule has 1 aromatic rings. The summed E-state index contributed by atoms with van der Waals surface area (Å²) < 4.78 is 5.42. The lowest BCUT2D eigenvalue weighted by Crippen LogP contribution is -2.45. The molecule has 0 saturated carbocycles. The fourth-order valence-corrected chi connectivity index (χ4v) is 1.70. The molecule has 110 valence electrons. The first kappa shape index (κ1) is 16.3. The maximum atomic E-state index is 11.7. The van der Waals surface area contributed by atoms with Crippen molar-refractivity contribution in [3.8, 4) is 5.75 Å². The van der Waals surface area contributed by atoms with Crippen LogP contribution in [-0.2, 0) is 11.4 Å². The topological polar surface area (TPSA) is 87.7 Å². The van der Waals surface area contributed by atoms with Gasteiger partial charge in [0.05, 0.1) is 11.6 Å². The summed E-state index contributed by atoms with van der Waals surface area (Å²) in [6, 6.07) is 4.30. The number of halogens is 1. The molecular weight excluding hydrogens is 284 g/mol. The largest absolute Gasteiger partial charge is 0.479 e. The summed E-state index contributed by atoms with van der Waals surface area (Å²) in [7, 11) is 0. The lowest BCUT2D eigenvalue weighted by atomic mass is 10.2. The summed E-state index contributed by atoms with van der Waals surface area (Å²) in [4.78, 5) is 23.0. The summed E-state index contributed by atoms with van der Waals surface area (Å²) in [5, 5.41) is 14.1. The fourth-order valence-electron chi connectivity index (χ4n) is 1.46. The third kappa shape index (κ3) is 4.40. The maximum absolute atomic E-state index is 11.7. The number of para-hydroxylation sites is 1. The van der Waals surface area contributed by atoms with Crippen LogP contribution >= 0.6 is 11.6 Å². The molecule has 0 radical (unpaired) electrons. The molecule has 0 aliphatic heterocycles. The van der Waals surface area contributed by atoms with Gasteiger partial charge < -0.3 is 15.2 Å². The zero-order valence-corrected chi connectivity index (χ0v) is 12.0. The van der Waals surface area contributed by atoms with Crippen LogP contribution in [0.2, 0.25) is 5.02 Å². The highest BCUT2D eigenvalue weighted by Gasteiger charge is 2.19. The van der Waals surface area contributed by atoms with Crippen molar-refractivity contribution in [1.29, 1.82) is 0 Å². The summed E-state index contributed by atoms with van der Waals surface area (Å²) in [6.07, 6.45) is -0.928. The first-order chi connectivity index (χ1) is 9.49. The first-order valence-corrected chi connectivity index (χ1v) is 6.51. The van der Waals surface area contributed by atoms with Gasteiger partial charge in [-0.1, -0.05) is 23.7 Å². The molecule has 0 fully saturated rings. The summed E-state index contributed by atoms with van der Waals surface area (Å²) in [5.74, 6) is -0.366. The number of rotatable bonds is 5. The highest BCUT2D eigenvalue weighted by Crippen LogP contribution is 2.29. The Labute approximate surface area is 122 Å². The molecule has 0 aromatic heterocycles. The van der Waals surface area contributed by atoms with Crippen molar-refractivity contribution < 1.29 is 19.4 Å². The SMILES string of the molecule is CCNC(=O)NC(=O)C(C)Oc1c(Cl)cccc1CO. The Hall–Kier alpha value is -1.79. The van der Waals surface area contributed by atoms with E-state index in [4.69, 9.17) is 16.3 Å². The Morgan fingerprint density at radius 2 is 2.15 bits per heavy atom. The highest BCUT2D eigenvalue weighted by atomic mass is 35.5. The number of benzene rings is 1. The number of amides is 3. The van der Waals surface area contributed by atoms with E-state index in [1.54, 1.807) is 25.1 Å². The van der Waals surface area contributed by atoms with Crippen molar-refractivity contribution in [2.75, 3.05) is 6.54 Å². The van der Waals surface area contributed by atoms with E-state index in [1.807, 2.05) is 0 Å². The van der Waals surface area contributed by atoms with Gasteiger partial charge in [0.15, 0.2) is 6.10 Å². The van der Waals surface area contributed by atoms with Gasteiger partial charge in [-0.15, -0.1) is 0 Å². The van der Waals surface area contributed by atoms with Crippen LogP contribution in [0.25, 0.3) is 0 Å². The smallest absolute Gasteiger partial charge is 0.321 e. The van der Waals surface area contributed by atoms with Crippen molar-refractivity contribution >= 4 is 23.5 Å². The number of aliphatic hydroxyl groups excluding tert-OH is 1. The second-order valence-corrected chi connectivity index (χ2v) is 4.40. The molecule has 0 saturated heterocycles. The van der Waals surface area contributed by atoms with E-state index in [2.05, 4.69) is 10.6 Å². The van der Waals surface area contributed by atoms with E-state index in [0.29, 0.717) is 12.1 Å². The van der Waals surface area contributed by atoms with E-state index in [9.17, 15) is 14.7 Å². The van der Waals surface area contributed by atoms with E-state index < -0.39 is 18.0 Å². The predicted octanol–water partition coefficient (Wildman–Crippen LogP) is 1.45. The van der Waals surface area contributed by atoms with Crippen LogP contribution in [0.15, 0.2) is 18.2 Å². The van der Waals surface area contributed by atoms with Crippen LogP contribution in [0.4, 0.5) is 4.79 Å². The molecular formula is C13H17ClN2O4. The first-order valence-electron chi connectivity index (χ1n) is 6.13. The zero-order chi connectivity index (χ0) is 15.1. The minimum atomic E-state index is -0.928. The number of hydrogen-bond acceptors (Lipinski definition) is 4. The number of hydrogen-bond donors (Lipinski definition) is 3. The highest BCUT2D eigenvalue weighted by molar-refractivity contribution is 6.32. The third-order valence-corrected chi connectivity index (χ3v) is 2.75. The van der Waals surface area contributed by atoms with Gasteiger partial charge in [0.1, 0.15) is 5.75 Å². The number of carbonyl (C=O) groups excluding carboxylic acids is 2. The van der Waals surface area contributed by atoms with Crippen LogP contribution in [-0.4, -0.2) is 29.7 Å². The second-order valence-electron chi connectivity index (χ2n) is 3.99. The lowest BCUT2D eigenvalue weighted by Gasteiger charge is -2.17. The van der Waals surface area contributed by atoms with Crippen molar-refractivity contribution in [3.63, 3.8) is 0 Å². The quantitative estimate of drug-likeness (QED) is 0.768. The molecule has 1 aromatic carbocycles. The molecule has 1 rings (SSSR count). The number of carbonyl (C=O) groups is 2. The molecule has 3 amide bonds. The minimum absolute atomic E-state index is 0.232. The van der Waals surface area contributed by atoms with E-state index in [-0.39, 0.29) is 17.4 Å². The monoisotopic (exact) mass is 300 g/mol. The Morgan fingerprint density at radius 3 is 2.75 bits per heavy atom. The van der Waals surface area contributed by atoms with Crippen molar-refractivity contribution in [3.05, 3.63) is 28.8 Å². The molecule has 1 atom stereocenters. The molecule has 0 aliphatic rings. The Balaban J connectivity index is 2.73. The van der Waals surface area contributed by atoms with Crippen molar-refractivity contribution in [2.24, 2.45) is 0 Å². The molecule has 1 unspecified atom stereocenters. The van der Waals surface area contributed by atoms with Crippen LogP contribution in [0, 0.1) is 0 Å². The van der Waals surface area contributed by atoms with Gasteiger partial charge in [-0.3, -0.25) is 10.1 Å². The second kappa shape index (κ2) is 7.72. The van der Waals surface area contributed by atoms with Gasteiger partial charge in [0.25, 0.3) is 5.91 Å². The predicted molar refractivity (Wildman–Crippen MR) is 74.7 cm³/mol. The molecule has 3 N–H and O–H groups in total. The van der Waals surface area contributed by atoms with E-state index in [0.717, 1.165) is 0 Å². The van der Waals surface area contributed by atoms with Crippen LogP contribution in [0.3, 0.4) is 0 Å². The van der Waals surface area contributed by atoms with Crippen molar-refractivity contribution in [2.45, 2.75) is 26.6 Å². The molecule has 7 heteroatoms. The molecule has 0 bridgehead atoms. The number of nitrogens with one attached hydrogen (secondary N) is 2. The Kier molecular flexibility index (Phi) is 6.27. The zero-order valence-electron chi connectivity index (χ0n) is 11.3. The number of imide groups is 1. The number of urea groups is 1. The number of aliphatic hydroxyl groups is 1. The third-order valence-electron chi connectivity index (χ3n) is 2.46. The molecule has 0 spiro atoms. The van der Waals surface area contributed by atoms with Gasteiger partial charge in [0.2, 0.25) is 0 Å². The minimum Gasteiger partial charge on any atom is -0.479 e. The molecule has 6 nitrogen and oxygen atoms in total. The van der Waals surface area contributed by atoms with Gasteiger partial charge in [-0.25, -0.2) is 4.79 Å². The lowest BCUT2D eigenvalue weighted by molar-refractivity contribution is -0.126. The fraction of sp³-hybridized carbons (Fsp3) is 0.385. The van der Waals surface area contributed by atoms with Gasteiger partial charge in [-0.2, -0.15) is 0 Å². The van der Waals surface area contributed by atoms with Crippen LogP contribution < -0.4 is 15.4 Å². The average Bonchev–Trinajstić information content (AvgIpc) is 2.41. The Morgan fingerprint density at radius 1 is 1.45 bits per heavy atom. The maximum Gasteiger partial charge on any atom is 0.321 e. The van der Waals surface area contributed by atoms with Gasteiger partial charge in [0, 0.05) is 12.1 Å². The molecule has 20 heavy (non-hydrogen) atoms. The average molecular weight is 301 g/mol. The van der Waals surface area contributed by atoms with Crippen LogP contribution in [0.5, 0.6) is 5.75 Å².